The van der Waals surface area contributed by atoms with Crippen LogP contribution in [0.4, 0.5) is 0 Å². The minimum Gasteiger partial charge on any atom is -0.496 e. The lowest BCUT2D eigenvalue weighted by atomic mass is 10.1. The number of nitrogens with one attached hydrogen (secondary N) is 1. The molecule has 0 bridgehead atoms. The summed E-state index contributed by atoms with van der Waals surface area (Å²) in [5.41, 5.74) is 6.48. The molecule has 6 nitrogen and oxygen atoms in total. The highest BCUT2D eigenvalue weighted by atomic mass is 35.5. The minimum absolute atomic E-state index is 0. The second-order valence-corrected chi connectivity index (χ2v) is 4.79. The Bertz CT molecular complexity index is 456. The van der Waals surface area contributed by atoms with Crippen molar-refractivity contribution in [1.29, 1.82) is 0 Å². The summed E-state index contributed by atoms with van der Waals surface area (Å²) < 4.78 is 15.9. The summed E-state index contributed by atoms with van der Waals surface area (Å²) in [6, 6.07) is 3.44. The van der Waals surface area contributed by atoms with Crippen LogP contribution >= 0.6 is 12.4 Å². The summed E-state index contributed by atoms with van der Waals surface area (Å²) in [5.74, 6) is 1.95. The smallest absolute Gasteiger partial charge is 0.221 e. The van der Waals surface area contributed by atoms with Gasteiger partial charge in [0.1, 0.15) is 17.2 Å². The maximum atomic E-state index is 11.6. The third-order valence-corrected chi connectivity index (χ3v) is 3.02. The molecule has 1 amide bonds. The summed E-state index contributed by atoms with van der Waals surface area (Å²) in [4.78, 5) is 11.6. The van der Waals surface area contributed by atoms with Crippen molar-refractivity contribution in [2.24, 2.45) is 5.73 Å². The lowest BCUT2D eigenvalue weighted by molar-refractivity contribution is -0.121. The Hall–Kier alpha value is -1.66. The molecule has 22 heavy (non-hydrogen) atoms. The lowest BCUT2D eigenvalue weighted by Gasteiger charge is -2.15. The quantitative estimate of drug-likeness (QED) is 0.754. The zero-order valence-corrected chi connectivity index (χ0v) is 14.3. The Kier molecular flexibility index (Phi) is 9.37. The van der Waals surface area contributed by atoms with E-state index in [2.05, 4.69) is 5.32 Å². The van der Waals surface area contributed by atoms with Crippen LogP contribution in [0.5, 0.6) is 17.2 Å². The van der Waals surface area contributed by atoms with Gasteiger partial charge in [0.05, 0.1) is 21.3 Å². The molecule has 1 atom stereocenters. The van der Waals surface area contributed by atoms with Crippen molar-refractivity contribution < 1.29 is 19.0 Å². The van der Waals surface area contributed by atoms with Crippen molar-refractivity contribution in [1.82, 2.24) is 5.32 Å². The largest absolute Gasteiger partial charge is 0.496 e. The van der Waals surface area contributed by atoms with Crippen LogP contribution in [0.25, 0.3) is 0 Å². The van der Waals surface area contributed by atoms with Gasteiger partial charge in [0, 0.05) is 36.7 Å². The zero-order valence-electron chi connectivity index (χ0n) is 13.5. The van der Waals surface area contributed by atoms with Crippen LogP contribution in [0.15, 0.2) is 12.1 Å². The Labute approximate surface area is 137 Å². The average molecular weight is 333 g/mol. The van der Waals surface area contributed by atoms with Gasteiger partial charge in [-0.05, 0) is 13.3 Å². The van der Waals surface area contributed by atoms with E-state index in [0.717, 1.165) is 5.56 Å². The van der Waals surface area contributed by atoms with E-state index in [-0.39, 0.29) is 24.4 Å². The molecule has 0 fully saturated rings. The number of benzene rings is 1. The third kappa shape index (κ3) is 5.99. The van der Waals surface area contributed by atoms with Gasteiger partial charge in [-0.15, -0.1) is 12.4 Å². The molecule has 126 valence electrons. The minimum atomic E-state index is -0.143. The first-order valence-corrected chi connectivity index (χ1v) is 6.83. The third-order valence-electron chi connectivity index (χ3n) is 3.02. The summed E-state index contributed by atoms with van der Waals surface area (Å²) in [6.45, 7) is 2.29. The molecule has 7 heteroatoms. The molecular weight excluding hydrogens is 308 g/mol. The normalized spacial score (nSPS) is 11.1. The maximum Gasteiger partial charge on any atom is 0.221 e. The van der Waals surface area contributed by atoms with E-state index in [0.29, 0.717) is 36.6 Å². The molecule has 0 saturated heterocycles. The molecular formula is C15H25ClN2O4. The molecule has 1 aromatic rings. The van der Waals surface area contributed by atoms with E-state index in [1.165, 1.54) is 0 Å². The van der Waals surface area contributed by atoms with Crippen LogP contribution in [0.1, 0.15) is 18.9 Å². The molecule has 0 heterocycles. The number of rotatable bonds is 8. The van der Waals surface area contributed by atoms with Crippen molar-refractivity contribution in [3.05, 3.63) is 17.7 Å². The van der Waals surface area contributed by atoms with Crippen LogP contribution in [0.3, 0.4) is 0 Å². The van der Waals surface area contributed by atoms with Crippen LogP contribution in [-0.4, -0.2) is 39.8 Å². The predicted molar refractivity (Wildman–Crippen MR) is 88.3 cm³/mol. The summed E-state index contributed by atoms with van der Waals surface area (Å²) >= 11 is 0. The van der Waals surface area contributed by atoms with Crippen molar-refractivity contribution in [3.63, 3.8) is 0 Å². The topological polar surface area (TPSA) is 82.8 Å². The number of ether oxygens (including phenoxy) is 3. The number of carbonyl (C=O) groups is 1. The van der Waals surface area contributed by atoms with Crippen molar-refractivity contribution in [2.45, 2.75) is 25.8 Å². The summed E-state index contributed by atoms with van der Waals surface area (Å²) in [6.07, 6.45) is 0.915. The SMILES string of the molecule is COc1cc(OC)c(CCNC(=O)CC(C)N)c(OC)c1.Cl. The molecule has 3 N–H and O–H groups in total. The molecule has 1 aromatic carbocycles. The van der Waals surface area contributed by atoms with Gasteiger partial charge in [0.2, 0.25) is 5.91 Å². The molecule has 0 spiro atoms. The fourth-order valence-electron chi connectivity index (χ4n) is 2.02. The summed E-state index contributed by atoms with van der Waals surface area (Å²) in [5, 5.41) is 2.83. The summed E-state index contributed by atoms with van der Waals surface area (Å²) in [7, 11) is 4.76. The van der Waals surface area contributed by atoms with Gasteiger partial charge in [-0.1, -0.05) is 0 Å². The number of nitrogens with two attached hydrogens (primary N) is 1. The molecule has 0 aromatic heterocycles. The number of hydrogen-bond acceptors (Lipinski definition) is 5. The fourth-order valence-corrected chi connectivity index (χ4v) is 2.02. The Morgan fingerprint density at radius 3 is 2.14 bits per heavy atom. The monoisotopic (exact) mass is 332 g/mol. The number of hydrogen-bond donors (Lipinski definition) is 2. The lowest BCUT2D eigenvalue weighted by Crippen LogP contribution is -2.31. The van der Waals surface area contributed by atoms with Crippen LogP contribution < -0.4 is 25.3 Å². The highest BCUT2D eigenvalue weighted by Gasteiger charge is 2.13. The first-order chi connectivity index (χ1) is 10.0. The zero-order chi connectivity index (χ0) is 15.8. The molecule has 0 radical (unpaired) electrons. The van der Waals surface area contributed by atoms with Crippen LogP contribution in [0.2, 0.25) is 0 Å². The van der Waals surface area contributed by atoms with Gasteiger partial charge >= 0.3 is 0 Å². The van der Waals surface area contributed by atoms with Gasteiger partial charge in [0.25, 0.3) is 0 Å². The second-order valence-electron chi connectivity index (χ2n) is 4.79. The number of carbonyl (C=O) groups excluding carboxylic acids is 1. The fraction of sp³-hybridized carbons (Fsp3) is 0.533. The number of methoxy groups -OCH3 is 3. The molecule has 0 aliphatic heterocycles. The Morgan fingerprint density at radius 2 is 1.73 bits per heavy atom. The molecule has 1 unspecified atom stereocenters. The Balaban J connectivity index is 0.00000441. The van der Waals surface area contributed by atoms with Crippen molar-refractivity contribution in [2.75, 3.05) is 27.9 Å². The van der Waals surface area contributed by atoms with Gasteiger partial charge in [-0.25, -0.2) is 0 Å². The van der Waals surface area contributed by atoms with Crippen LogP contribution in [-0.2, 0) is 11.2 Å². The van der Waals surface area contributed by atoms with Gasteiger partial charge < -0.3 is 25.3 Å². The maximum absolute atomic E-state index is 11.6. The van der Waals surface area contributed by atoms with E-state index in [4.69, 9.17) is 19.9 Å². The van der Waals surface area contributed by atoms with Crippen LogP contribution in [0, 0.1) is 0 Å². The molecule has 1 rings (SSSR count). The molecule has 0 saturated carbocycles. The molecule has 0 aliphatic rings. The first-order valence-electron chi connectivity index (χ1n) is 6.83. The standard InChI is InChI=1S/C15H24N2O4.ClH/c1-10(16)7-15(18)17-6-5-12-13(20-3)8-11(19-2)9-14(12)21-4;/h8-10H,5-7,16H2,1-4H3,(H,17,18);1H. The number of halogens is 1. The van der Waals surface area contributed by atoms with E-state index < -0.39 is 0 Å². The number of amides is 1. The van der Waals surface area contributed by atoms with Gasteiger partial charge in [0.15, 0.2) is 0 Å². The first kappa shape index (κ1) is 20.3. The van der Waals surface area contributed by atoms with Gasteiger partial charge in [-0.2, -0.15) is 0 Å². The van der Waals surface area contributed by atoms with E-state index >= 15 is 0 Å². The highest BCUT2D eigenvalue weighted by molar-refractivity contribution is 5.85. The average Bonchev–Trinajstić information content (AvgIpc) is 2.46. The van der Waals surface area contributed by atoms with Gasteiger partial charge in [-0.3, -0.25) is 4.79 Å². The molecule has 0 aliphatic carbocycles. The van der Waals surface area contributed by atoms with E-state index in [1.54, 1.807) is 40.4 Å². The van der Waals surface area contributed by atoms with E-state index in [1.807, 2.05) is 0 Å². The highest BCUT2D eigenvalue weighted by Crippen LogP contribution is 2.34. The Morgan fingerprint density at radius 1 is 1.18 bits per heavy atom. The second kappa shape index (κ2) is 10.1. The van der Waals surface area contributed by atoms with E-state index in [9.17, 15) is 4.79 Å². The van der Waals surface area contributed by atoms with Crippen molar-refractivity contribution >= 4 is 18.3 Å². The predicted octanol–water partition coefficient (Wildman–Crippen LogP) is 1.53. The van der Waals surface area contributed by atoms with Crippen molar-refractivity contribution in [3.8, 4) is 17.2 Å².